The highest BCUT2D eigenvalue weighted by Gasteiger charge is 2.40. The zero-order chi connectivity index (χ0) is 21.3. The largest absolute Gasteiger partial charge is 0.406 e. The molecule has 162 valence electrons. The molecule has 0 saturated heterocycles. The van der Waals surface area contributed by atoms with E-state index in [2.05, 4.69) is 20.6 Å². The van der Waals surface area contributed by atoms with E-state index >= 15 is 0 Å². The predicted molar refractivity (Wildman–Crippen MR) is 105 cm³/mol. The summed E-state index contributed by atoms with van der Waals surface area (Å²) in [4.78, 5) is 21.5. The van der Waals surface area contributed by atoms with E-state index in [0.29, 0.717) is 37.2 Å². The summed E-state index contributed by atoms with van der Waals surface area (Å²) in [5, 5.41) is 15.2. The number of aliphatic hydroxyl groups is 1. The fraction of sp³-hybridized carbons (Fsp3) is 0.571. The zero-order valence-electron chi connectivity index (χ0n) is 16.5. The fourth-order valence-electron chi connectivity index (χ4n) is 3.97. The number of hydrogen-bond donors (Lipinski definition) is 3. The molecule has 1 amide bonds. The maximum absolute atomic E-state index is 12.8. The molecule has 2 aliphatic carbocycles. The summed E-state index contributed by atoms with van der Waals surface area (Å²) in [6.45, 7) is -0.980. The van der Waals surface area contributed by atoms with Gasteiger partial charge >= 0.3 is 6.18 Å². The van der Waals surface area contributed by atoms with E-state index in [1.54, 1.807) is 18.5 Å². The average molecular weight is 422 g/mol. The van der Waals surface area contributed by atoms with Crippen LogP contribution in [0.25, 0.3) is 10.9 Å². The van der Waals surface area contributed by atoms with Gasteiger partial charge in [0, 0.05) is 41.5 Å². The van der Waals surface area contributed by atoms with Crippen LogP contribution in [0.5, 0.6) is 0 Å². The number of halogens is 3. The Labute approximate surface area is 172 Å². The SMILES string of the molecule is O=C(NC1CCC(NC(CO)C(F)(F)F)CC1)c1cnc2cc(C3CC3)ncc2c1. The standard InChI is InChI=1S/C21H25F3N4O2/c22-21(23,24)19(11-29)27-15-3-5-16(6-4-15)28-20(30)14-7-13-9-25-17(12-1-2-12)8-18(13)26-10-14/h7-10,12,15-16,19,27,29H,1-6,11H2,(H,28,30). The van der Waals surface area contributed by atoms with E-state index in [0.717, 1.165) is 29.4 Å². The molecule has 6 nitrogen and oxygen atoms in total. The number of aliphatic hydroxyl groups excluding tert-OH is 1. The summed E-state index contributed by atoms with van der Waals surface area (Å²) in [5.74, 6) is 0.295. The summed E-state index contributed by atoms with van der Waals surface area (Å²) in [6.07, 6.45) is 3.30. The van der Waals surface area contributed by atoms with Crippen LogP contribution in [0.1, 0.15) is 60.5 Å². The van der Waals surface area contributed by atoms with Crippen LogP contribution in [0.4, 0.5) is 13.2 Å². The minimum Gasteiger partial charge on any atom is -0.394 e. The van der Waals surface area contributed by atoms with Gasteiger partial charge in [0.25, 0.3) is 5.91 Å². The van der Waals surface area contributed by atoms with E-state index in [9.17, 15) is 18.0 Å². The molecule has 3 N–H and O–H groups in total. The van der Waals surface area contributed by atoms with Gasteiger partial charge in [-0.1, -0.05) is 0 Å². The second kappa shape index (κ2) is 8.47. The molecule has 2 heterocycles. The number of nitrogens with zero attached hydrogens (tertiary/aromatic N) is 2. The van der Waals surface area contributed by atoms with E-state index in [4.69, 9.17) is 5.11 Å². The van der Waals surface area contributed by atoms with Crippen molar-refractivity contribution in [3.8, 4) is 0 Å². The lowest BCUT2D eigenvalue weighted by molar-refractivity contribution is -0.166. The topological polar surface area (TPSA) is 87.1 Å². The van der Waals surface area contributed by atoms with Gasteiger partial charge in [-0.15, -0.1) is 0 Å². The van der Waals surface area contributed by atoms with Crippen molar-refractivity contribution >= 4 is 16.8 Å². The van der Waals surface area contributed by atoms with Crippen LogP contribution in [0.3, 0.4) is 0 Å². The summed E-state index contributed by atoms with van der Waals surface area (Å²) < 4.78 is 38.4. The molecule has 2 fully saturated rings. The van der Waals surface area contributed by atoms with Crippen LogP contribution in [0.15, 0.2) is 24.5 Å². The van der Waals surface area contributed by atoms with Crippen LogP contribution < -0.4 is 10.6 Å². The second-order valence-electron chi connectivity index (χ2n) is 8.27. The van der Waals surface area contributed by atoms with Gasteiger partial charge in [-0.2, -0.15) is 13.2 Å². The Hall–Kier alpha value is -2.26. The molecule has 1 atom stereocenters. The first-order valence-corrected chi connectivity index (χ1v) is 10.3. The Balaban J connectivity index is 1.32. The van der Waals surface area contributed by atoms with Gasteiger partial charge in [-0.25, -0.2) is 0 Å². The first kappa shape index (κ1) is 21.0. The van der Waals surface area contributed by atoms with Gasteiger partial charge in [0.1, 0.15) is 6.04 Å². The van der Waals surface area contributed by atoms with Crippen molar-refractivity contribution in [3.63, 3.8) is 0 Å². The number of pyridine rings is 2. The van der Waals surface area contributed by atoms with E-state index in [1.165, 1.54) is 0 Å². The maximum Gasteiger partial charge on any atom is 0.406 e. The summed E-state index contributed by atoms with van der Waals surface area (Å²) >= 11 is 0. The van der Waals surface area contributed by atoms with Crippen molar-refractivity contribution in [3.05, 3.63) is 35.8 Å². The molecule has 0 radical (unpaired) electrons. The van der Waals surface area contributed by atoms with E-state index < -0.39 is 18.8 Å². The normalized spacial score (nSPS) is 23.3. The molecule has 1 unspecified atom stereocenters. The van der Waals surface area contributed by atoms with Crippen molar-refractivity contribution in [1.82, 2.24) is 20.6 Å². The summed E-state index contributed by atoms with van der Waals surface area (Å²) in [6, 6.07) is 1.41. The number of nitrogens with one attached hydrogen (secondary N) is 2. The lowest BCUT2D eigenvalue weighted by Gasteiger charge is -2.32. The first-order chi connectivity index (χ1) is 14.3. The molecule has 2 aliphatic rings. The van der Waals surface area contributed by atoms with E-state index in [1.807, 2.05) is 6.07 Å². The number of carbonyl (C=O) groups is 1. The summed E-state index contributed by atoms with van der Waals surface area (Å²) in [5.41, 5.74) is 2.31. The van der Waals surface area contributed by atoms with Gasteiger partial charge in [0.2, 0.25) is 0 Å². The molecule has 9 heteroatoms. The highest BCUT2D eigenvalue weighted by molar-refractivity contribution is 5.97. The molecule has 4 rings (SSSR count). The number of hydrogen-bond acceptors (Lipinski definition) is 5. The first-order valence-electron chi connectivity index (χ1n) is 10.3. The monoisotopic (exact) mass is 422 g/mol. The number of carbonyl (C=O) groups excluding carboxylic acids is 1. The molecular formula is C21H25F3N4O2. The molecule has 2 aromatic heterocycles. The highest BCUT2D eigenvalue weighted by Crippen LogP contribution is 2.39. The van der Waals surface area contributed by atoms with Gasteiger partial charge in [0.05, 0.1) is 17.7 Å². The smallest absolute Gasteiger partial charge is 0.394 e. The molecule has 30 heavy (non-hydrogen) atoms. The molecule has 0 aliphatic heterocycles. The molecule has 2 saturated carbocycles. The molecule has 0 spiro atoms. The molecule has 2 aromatic rings. The van der Waals surface area contributed by atoms with E-state index in [-0.39, 0.29) is 18.0 Å². The third kappa shape index (κ3) is 4.89. The zero-order valence-corrected chi connectivity index (χ0v) is 16.5. The highest BCUT2D eigenvalue weighted by atomic mass is 19.4. The third-order valence-corrected chi connectivity index (χ3v) is 5.92. The fourth-order valence-corrected chi connectivity index (χ4v) is 3.97. The minimum absolute atomic E-state index is 0.0972. The number of amides is 1. The van der Waals surface area contributed by atoms with Crippen LogP contribution >= 0.6 is 0 Å². The van der Waals surface area contributed by atoms with Gasteiger partial charge in [-0.05, 0) is 50.7 Å². The van der Waals surface area contributed by atoms with Gasteiger partial charge in [-0.3, -0.25) is 14.8 Å². The molecular weight excluding hydrogens is 397 g/mol. The Morgan fingerprint density at radius 1 is 1.07 bits per heavy atom. The Morgan fingerprint density at radius 2 is 1.77 bits per heavy atom. The van der Waals surface area contributed by atoms with Crippen LogP contribution in [-0.4, -0.2) is 51.9 Å². The number of aromatic nitrogens is 2. The number of rotatable bonds is 6. The van der Waals surface area contributed by atoms with Crippen LogP contribution in [-0.2, 0) is 0 Å². The Kier molecular flexibility index (Phi) is 5.92. The van der Waals surface area contributed by atoms with Crippen molar-refractivity contribution in [2.24, 2.45) is 0 Å². The van der Waals surface area contributed by atoms with Gasteiger partial charge < -0.3 is 15.7 Å². The number of fused-ring (bicyclic) bond motifs is 1. The lowest BCUT2D eigenvalue weighted by atomic mass is 9.90. The van der Waals surface area contributed by atoms with Crippen molar-refractivity contribution in [2.45, 2.75) is 68.7 Å². The quantitative estimate of drug-likeness (QED) is 0.666. The van der Waals surface area contributed by atoms with Crippen molar-refractivity contribution < 1.29 is 23.1 Å². The molecule has 0 aromatic carbocycles. The Morgan fingerprint density at radius 3 is 2.40 bits per heavy atom. The third-order valence-electron chi connectivity index (χ3n) is 5.92. The van der Waals surface area contributed by atoms with Crippen molar-refractivity contribution in [1.29, 1.82) is 0 Å². The minimum atomic E-state index is -4.48. The lowest BCUT2D eigenvalue weighted by Crippen LogP contribution is -2.51. The number of alkyl halides is 3. The average Bonchev–Trinajstić information content (AvgIpc) is 3.57. The van der Waals surface area contributed by atoms with Crippen molar-refractivity contribution in [2.75, 3.05) is 6.61 Å². The van der Waals surface area contributed by atoms with Crippen LogP contribution in [0.2, 0.25) is 0 Å². The van der Waals surface area contributed by atoms with Gasteiger partial charge in [0.15, 0.2) is 0 Å². The Bertz CT molecular complexity index is 909. The maximum atomic E-state index is 12.8. The van der Waals surface area contributed by atoms with Crippen LogP contribution in [0, 0.1) is 0 Å². The predicted octanol–water partition coefficient (Wildman–Crippen LogP) is 3.06. The summed E-state index contributed by atoms with van der Waals surface area (Å²) in [7, 11) is 0. The molecule has 0 bridgehead atoms. The second-order valence-corrected chi connectivity index (χ2v) is 8.27.